The second-order valence-corrected chi connectivity index (χ2v) is 6.93. The summed E-state index contributed by atoms with van der Waals surface area (Å²) in [5, 5.41) is 2.96. The Morgan fingerprint density at radius 2 is 2.00 bits per heavy atom. The number of aryl methyl sites for hydroxylation is 1. The molecule has 0 saturated carbocycles. The molecule has 1 aliphatic rings. The van der Waals surface area contributed by atoms with E-state index in [2.05, 4.69) is 21.2 Å². The van der Waals surface area contributed by atoms with Gasteiger partial charge in [-0.25, -0.2) is 0 Å². The fourth-order valence-corrected chi connectivity index (χ4v) is 3.44. The molecule has 0 aliphatic carbocycles. The van der Waals surface area contributed by atoms with E-state index < -0.39 is 6.04 Å². The standard InChI is InChI=1S/C19H19BrN2O2/c1-13-11-15(20)7-8-16(13)21-19(24)17-9-10-18(23)22(17)12-14-5-3-2-4-6-14/h2-8,11,17H,9-10,12H2,1H3,(H,21,24). The van der Waals surface area contributed by atoms with Crippen molar-refractivity contribution in [1.82, 2.24) is 4.90 Å². The summed E-state index contributed by atoms with van der Waals surface area (Å²) in [7, 11) is 0. The van der Waals surface area contributed by atoms with Crippen molar-refractivity contribution in [2.45, 2.75) is 32.4 Å². The molecule has 1 aliphatic heterocycles. The van der Waals surface area contributed by atoms with E-state index in [-0.39, 0.29) is 11.8 Å². The Bertz CT molecular complexity index is 761. The number of hydrogen-bond donors (Lipinski definition) is 1. The molecule has 0 bridgehead atoms. The lowest BCUT2D eigenvalue weighted by Crippen LogP contribution is -2.41. The molecular weight excluding hydrogens is 368 g/mol. The number of nitrogens with one attached hydrogen (secondary N) is 1. The lowest BCUT2D eigenvalue weighted by Gasteiger charge is -2.24. The van der Waals surface area contributed by atoms with Crippen LogP contribution in [0.1, 0.15) is 24.0 Å². The van der Waals surface area contributed by atoms with Crippen LogP contribution in [0.15, 0.2) is 53.0 Å². The van der Waals surface area contributed by atoms with Crippen molar-refractivity contribution in [1.29, 1.82) is 0 Å². The van der Waals surface area contributed by atoms with Gasteiger partial charge in [0.15, 0.2) is 0 Å². The number of carbonyl (C=O) groups excluding carboxylic acids is 2. The summed E-state index contributed by atoms with van der Waals surface area (Å²) in [5.41, 5.74) is 2.80. The molecule has 2 aromatic rings. The molecule has 0 radical (unpaired) electrons. The van der Waals surface area contributed by atoms with E-state index in [9.17, 15) is 9.59 Å². The lowest BCUT2D eigenvalue weighted by atomic mass is 10.1. The molecule has 5 heteroatoms. The highest BCUT2D eigenvalue weighted by molar-refractivity contribution is 9.10. The Morgan fingerprint density at radius 1 is 1.25 bits per heavy atom. The van der Waals surface area contributed by atoms with E-state index in [4.69, 9.17) is 0 Å². The summed E-state index contributed by atoms with van der Waals surface area (Å²) >= 11 is 3.42. The quantitative estimate of drug-likeness (QED) is 0.866. The summed E-state index contributed by atoms with van der Waals surface area (Å²) in [6.45, 7) is 2.42. The van der Waals surface area contributed by atoms with Gasteiger partial charge in [0.2, 0.25) is 11.8 Å². The molecule has 1 fully saturated rings. The van der Waals surface area contributed by atoms with Crippen LogP contribution >= 0.6 is 15.9 Å². The highest BCUT2D eigenvalue weighted by atomic mass is 79.9. The van der Waals surface area contributed by atoms with E-state index in [0.29, 0.717) is 19.4 Å². The minimum absolute atomic E-state index is 0.0338. The monoisotopic (exact) mass is 386 g/mol. The van der Waals surface area contributed by atoms with Gasteiger partial charge in [0, 0.05) is 23.1 Å². The molecule has 0 spiro atoms. The van der Waals surface area contributed by atoms with Crippen LogP contribution in [0.3, 0.4) is 0 Å². The molecule has 4 nitrogen and oxygen atoms in total. The Balaban J connectivity index is 1.74. The zero-order chi connectivity index (χ0) is 17.1. The fraction of sp³-hybridized carbons (Fsp3) is 0.263. The van der Waals surface area contributed by atoms with Crippen molar-refractivity contribution in [2.24, 2.45) is 0 Å². The van der Waals surface area contributed by atoms with Gasteiger partial charge < -0.3 is 10.2 Å². The van der Waals surface area contributed by atoms with Crippen molar-refractivity contribution in [2.75, 3.05) is 5.32 Å². The van der Waals surface area contributed by atoms with E-state index in [1.165, 1.54) is 0 Å². The number of likely N-dealkylation sites (tertiary alicyclic amines) is 1. The van der Waals surface area contributed by atoms with E-state index in [1.807, 2.05) is 55.5 Å². The van der Waals surface area contributed by atoms with Gasteiger partial charge in [-0.3, -0.25) is 9.59 Å². The zero-order valence-corrected chi connectivity index (χ0v) is 15.0. The summed E-state index contributed by atoms with van der Waals surface area (Å²) in [4.78, 5) is 26.6. The highest BCUT2D eigenvalue weighted by Crippen LogP contribution is 2.25. The van der Waals surface area contributed by atoms with Crippen LogP contribution in [0.2, 0.25) is 0 Å². The molecule has 1 atom stereocenters. The van der Waals surface area contributed by atoms with Crippen LogP contribution in [0, 0.1) is 6.92 Å². The average molecular weight is 387 g/mol. The fourth-order valence-electron chi connectivity index (χ4n) is 2.97. The molecule has 1 saturated heterocycles. The molecule has 1 heterocycles. The molecule has 124 valence electrons. The van der Waals surface area contributed by atoms with E-state index in [0.717, 1.165) is 21.3 Å². The van der Waals surface area contributed by atoms with Crippen LogP contribution in [-0.2, 0) is 16.1 Å². The van der Waals surface area contributed by atoms with Crippen LogP contribution in [0.5, 0.6) is 0 Å². The van der Waals surface area contributed by atoms with Crippen LogP contribution in [-0.4, -0.2) is 22.8 Å². The molecular formula is C19H19BrN2O2. The summed E-state index contributed by atoms with van der Waals surface area (Å²) in [5.74, 6) is -0.0891. The van der Waals surface area contributed by atoms with Crippen molar-refractivity contribution >= 4 is 33.4 Å². The van der Waals surface area contributed by atoms with Gasteiger partial charge in [-0.15, -0.1) is 0 Å². The Labute approximate surface area is 150 Å². The maximum absolute atomic E-state index is 12.7. The molecule has 2 amide bonds. The van der Waals surface area contributed by atoms with Gasteiger partial charge in [0.05, 0.1) is 0 Å². The van der Waals surface area contributed by atoms with Gasteiger partial charge in [0.25, 0.3) is 0 Å². The predicted octanol–water partition coefficient (Wildman–Crippen LogP) is 3.89. The largest absolute Gasteiger partial charge is 0.326 e. The molecule has 3 rings (SSSR count). The summed E-state index contributed by atoms with van der Waals surface area (Å²) in [6.07, 6.45) is 0.983. The SMILES string of the molecule is Cc1cc(Br)ccc1NC(=O)C1CCC(=O)N1Cc1ccccc1. The number of carbonyl (C=O) groups is 2. The van der Waals surface area contributed by atoms with Crippen molar-refractivity contribution in [3.8, 4) is 0 Å². The normalized spacial score (nSPS) is 17.2. The average Bonchev–Trinajstić information content (AvgIpc) is 2.92. The Morgan fingerprint density at radius 3 is 2.71 bits per heavy atom. The number of amides is 2. The van der Waals surface area contributed by atoms with Gasteiger partial charge in [0.1, 0.15) is 6.04 Å². The maximum atomic E-state index is 12.7. The molecule has 1 unspecified atom stereocenters. The summed E-state index contributed by atoms with van der Waals surface area (Å²) in [6, 6.07) is 15.1. The molecule has 1 N–H and O–H groups in total. The lowest BCUT2D eigenvalue weighted by molar-refractivity contribution is -0.133. The molecule has 24 heavy (non-hydrogen) atoms. The number of nitrogens with zero attached hydrogens (tertiary/aromatic N) is 1. The Hall–Kier alpha value is -2.14. The molecule has 2 aromatic carbocycles. The van der Waals surface area contributed by atoms with E-state index >= 15 is 0 Å². The topological polar surface area (TPSA) is 49.4 Å². The number of hydrogen-bond acceptors (Lipinski definition) is 2. The molecule has 0 aromatic heterocycles. The Kier molecular flexibility index (Phi) is 5.00. The van der Waals surface area contributed by atoms with Crippen LogP contribution < -0.4 is 5.32 Å². The first-order chi connectivity index (χ1) is 11.5. The number of halogens is 1. The number of benzene rings is 2. The minimum Gasteiger partial charge on any atom is -0.326 e. The zero-order valence-electron chi connectivity index (χ0n) is 13.5. The maximum Gasteiger partial charge on any atom is 0.247 e. The first-order valence-electron chi connectivity index (χ1n) is 7.95. The van der Waals surface area contributed by atoms with Crippen molar-refractivity contribution in [3.63, 3.8) is 0 Å². The third kappa shape index (κ3) is 3.67. The number of rotatable bonds is 4. The van der Waals surface area contributed by atoms with Crippen LogP contribution in [0.4, 0.5) is 5.69 Å². The van der Waals surface area contributed by atoms with Gasteiger partial charge in [-0.1, -0.05) is 46.3 Å². The smallest absolute Gasteiger partial charge is 0.247 e. The predicted molar refractivity (Wildman–Crippen MR) is 97.5 cm³/mol. The second-order valence-electron chi connectivity index (χ2n) is 6.01. The third-order valence-corrected chi connectivity index (χ3v) is 4.77. The highest BCUT2D eigenvalue weighted by Gasteiger charge is 2.36. The van der Waals surface area contributed by atoms with Crippen molar-refractivity contribution < 1.29 is 9.59 Å². The van der Waals surface area contributed by atoms with Crippen molar-refractivity contribution in [3.05, 3.63) is 64.1 Å². The minimum atomic E-state index is -0.416. The first-order valence-corrected chi connectivity index (χ1v) is 8.74. The van der Waals surface area contributed by atoms with Gasteiger partial charge in [-0.2, -0.15) is 0 Å². The summed E-state index contributed by atoms with van der Waals surface area (Å²) < 4.78 is 0.972. The first kappa shape index (κ1) is 16.7. The number of anilines is 1. The van der Waals surface area contributed by atoms with Gasteiger partial charge in [-0.05, 0) is 42.7 Å². The van der Waals surface area contributed by atoms with E-state index in [1.54, 1.807) is 4.90 Å². The van der Waals surface area contributed by atoms with Gasteiger partial charge >= 0.3 is 0 Å². The third-order valence-electron chi connectivity index (χ3n) is 4.27. The second kappa shape index (κ2) is 7.18. The van der Waals surface area contributed by atoms with Crippen LogP contribution in [0.25, 0.3) is 0 Å².